The van der Waals surface area contributed by atoms with Gasteiger partial charge in [-0.15, -0.1) is 0 Å². The lowest BCUT2D eigenvalue weighted by Crippen LogP contribution is -2.24. The molecular formula is C19H25NO. The molecule has 1 atom stereocenters. The Bertz CT molecular complexity index is 592. The van der Waals surface area contributed by atoms with Crippen LogP contribution in [0.5, 0.6) is 5.75 Å². The predicted molar refractivity (Wildman–Crippen MR) is 89.0 cm³/mol. The van der Waals surface area contributed by atoms with Gasteiger partial charge in [0.25, 0.3) is 0 Å². The molecule has 0 amide bonds. The molecule has 0 fully saturated rings. The van der Waals surface area contributed by atoms with E-state index < -0.39 is 0 Å². The lowest BCUT2D eigenvalue weighted by atomic mass is 9.94. The van der Waals surface area contributed by atoms with Crippen LogP contribution in [0.25, 0.3) is 0 Å². The van der Waals surface area contributed by atoms with Crippen molar-refractivity contribution in [3.05, 3.63) is 64.7 Å². The van der Waals surface area contributed by atoms with Gasteiger partial charge >= 0.3 is 0 Å². The first-order chi connectivity index (χ1) is 10.2. The van der Waals surface area contributed by atoms with Crippen LogP contribution in [0.15, 0.2) is 42.5 Å². The molecule has 0 aliphatic rings. The van der Waals surface area contributed by atoms with Crippen LogP contribution in [0.2, 0.25) is 0 Å². The number of benzene rings is 2. The Kier molecular flexibility index (Phi) is 5.40. The van der Waals surface area contributed by atoms with E-state index in [2.05, 4.69) is 68.6 Å². The highest BCUT2D eigenvalue weighted by molar-refractivity contribution is 5.40. The summed E-state index contributed by atoms with van der Waals surface area (Å²) in [6, 6.07) is 15.2. The second kappa shape index (κ2) is 7.28. The summed E-state index contributed by atoms with van der Waals surface area (Å²) in [5, 5.41) is 3.60. The highest BCUT2D eigenvalue weighted by atomic mass is 16.5. The Morgan fingerprint density at radius 2 is 1.86 bits per heavy atom. The van der Waals surface area contributed by atoms with E-state index in [1.165, 1.54) is 22.3 Å². The molecule has 0 radical (unpaired) electrons. The van der Waals surface area contributed by atoms with Crippen LogP contribution >= 0.6 is 0 Å². The fraction of sp³-hybridized carbons (Fsp3) is 0.368. The zero-order chi connectivity index (χ0) is 15.2. The predicted octanol–water partition coefficient (Wildman–Crippen LogP) is 4.21. The molecule has 2 aromatic carbocycles. The summed E-state index contributed by atoms with van der Waals surface area (Å²) in [5.74, 6) is 0.958. The minimum atomic E-state index is 0.269. The molecule has 0 heterocycles. The fourth-order valence-electron chi connectivity index (χ4n) is 2.72. The van der Waals surface area contributed by atoms with Gasteiger partial charge in [0.05, 0.1) is 7.11 Å². The largest absolute Gasteiger partial charge is 0.496 e. The molecule has 112 valence electrons. The Hall–Kier alpha value is -1.80. The van der Waals surface area contributed by atoms with Gasteiger partial charge in [0.2, 0.25) is 0 Å². The molecule has 0 aliphatic carbocycles. The third kappa shape index (κ3) is 3.85. The summed E-state index contributed by atoms with van der Waals surface area (Å²) < 4.78 is 5.56. The zero-order valence-corrected chi connectivity index (χ0v) is 13.4. The number of methoxy groups -OCH3 is 1. The average Bonchev–Trinajstić information content (AvgIpc) is 2.49. The molecule has 2 heteroatoms. The van der Waals surface area contributed by atoms with Crippen LogP contribution < -0.4 is 10.1 Å². The highest BCUT2D eigenvalue weighted by Gasteiger charge is 2.16. The number of hydrogen-bond acceptors (Lipinski definition) is 2. The van der Waals surface area contributed by atoms with Crippen LogP contribution in [0.3, 0.4) is 0 Å². The van der Waals surface area contributed by atoms with Gasteiger partial charge in [0, 0.05) is 11.6 Å². The number of hydrogen-bond donors (Lipinski definition) is 1. The first-order valence-corrected chi connectivity index (χ1v) is 7.58. The van der Waals surface area contributed by atoms with Crippen molar-refractivity contribution in [1.82, 2.24) is 5.32 Å². The molecule has 2 nitrogen and oxygen atoms in total. The standard InChI is InChI=1S/C19H25NO/c1-5-20-18(13-16-9-7-6-8-15(16)3)17-12-14(2)10-11-19(17)21-4/h6-12,18,20H,5,13H2,1-4H3. The molecule has 21 heavy (non-hydrogen) atoms. The third-order valence-corrected chi connectivity index (χ3v) is 3.90. The Balaban J connectivity index is 2.35. The summed E-state index contributed by atoms with van der Waals surface area (Å²) >= 11 is 0. The van der Waals surface area contributed by atoms with E-state index in [1.807, 2.05) is 0 Å². The van der Waals surface area contributed by atoms with Crippen LogP contribution in [0.1, 0.15) is 35.2 Å². The Labute approximate surface area is 128 Å². The maximum absolute atomic E-state index is 5.56. The van der Waals surface area contributed by atoms with Crippen LogP contribution in [0, 0.1) is 13.8 Å². The van der Waals surface area contributed by atoms with Gasteiger partial charge in [0.1, 0.15) is 5.75 Å². The third-order valence-electron chi connectivity index (χ3n) is 3.90. The minimum Gasteiger partial charge on any atom is -0.496 e. The van der Waals surface area contributed by atoms with Crippen molar-refractivity contribution in [3.63, 3.8) is 0 Å². The highest BCUT2D eigenvalue weighted by Crippen LogP contribution is 2.29. The molecule has 0 saturated heterocycles. The van der Waals surface area contributed by atoms with Gasteiger partial charge in [-0.05, 0) is 44.0 Å². The van der Waals surface area contributed by atoms with E-state index in [4.69, 9.17) is 4.74 Å². The number of aryl methyl sites for hydroxylation is 2. The lowest BCUT2D eigenvalue weighted by molar-refractivity contribution is 0.399. The molecular weight excluding hydrogens is 258 g/mol. The van der Waals surface area contributed by atoms with Crippen molar-refractivity contribution in [1.29, 1.82) is 0 Å². The second-order valence-electron chi connectivity index (χ2n) is 5.49. The first-order valence-electron chi connectivity index (χ1n) is 7.58. The second-order valence-corrected chi connectivity index (χ2v) is 5.49. The zero-order valence-electron chi connectivity index (χ0n) is 13.4. The van der Waals surface area contributed by atoms with E-state index in [9.17, 15) is 0 Å². The number of ether oxygens (including phenoxy) is 1. The summed E-state index contributed by atoms with van der Waals surface area (Å²) in [6.07, 6.45) is 0.973. The van der Waals surface area contributed by atoms with Gasteiger partial charge in [-0.2, -0.15) is 0 Å². The molecule has 2 aromatic rings. The van der Waals surface area contributed by atoms with E-state index >= 15 is 0 Å². The van der Waals surface area contributed by atoms with Crippen LogP contribution in [-0.4, -0.2) is 13.7 Å². The van der Waals surface area contributed by atoms with E-state index in [0.717, 1.165) is 18.7 Å². The maximum atomic E-state index is 5.56. The monoisotopic (exact) mass is 283 g/mol. The van der Waals surface area contributed by atoms with E-state index in [-0.39, 0.29) is 6.04 Å². The molecule has 0 bridgehead atoms. The topological polar surface area (TPSA) is 21.3 Å². The van der Waals surface area contributed by atoms with Gasteiger partial charge in [0.15, 0.2) is 0 Å². The fourth-order valence-corrected chi connectivity index (χ4v) is 2.72. The van der Waals surface area contributed by atoms with Crippen molar-refractivity contribution in [2.24, 2.45) is 0 Å². The van der Waals surface area contributed by atoms with Crippen molar-refractivity contribution < 1.29 is 4.74 Å². The molecule has 0 aliphatic heterocycles. The number of likely N-dealkylation sites (N-methyl/N-ethyl adjacent to an activating group) is 1. The Morgan fingerprint density at radius 3 is 2.52 bits per heavy atom. The minimum absolute atomic E-state index is 0.269. The van der Waals surface area contributed by atoms with Gasteiger partial charge in [-0.3, -0.25) is 0 Å². The molecule has 0 spiro atoms. The number of rotatable bonds is 6. The SMILES string of the molecule is CCNC(Cc1ccccc1C)c1cc(C)ccc1OC. The summed E-state index contributed by atoms with van der Waals surface area (Å²) in [7, 11) is 1.74. The normalized spacial score (nSPS) is 12.2. The quantitative estimate of drug-likeness (QED) is 0.857. The van der Waals surface area contributed by atoms with Crippen molar-refractivity contribution in [2.45, 2.75) is 33.2 Å². The molecule has 2 rings (SSSR count). The summed E-state index contributed by atoms with van der Waals surface area (Å²) in [4.78, 5) is 0. The van der Waals surface area contributed by atoms with Crippen molar-refractivity contribution in [3.8, 4) is 5.75 Å². The van der Waals surface area contributed by atoms with Gasteiger partial charge in [-0.25, -0.2) is 0 Å². The van der Waals surface area contributed by atoms with Crippen LogP contribution in [-0.2, 0) is 6.42 Å². The van der Waals surface area contributed by atoms with E-state index in [0.29, 0.717) is 0 Å². The van der Waals surface area contributed by atoms with Gasteiger partial charge in [-0.1, -0.05) is 48.9 Å². The first kappa shape index (κ1) is 15.6. The molecule has 0 aromatic heterocycles. The smallest absolute Gasteiger partial charge is 0.123 e. The average molecular weight is 283 g/mol. The van der Waals surface area contributed by atoms with Gasteiger partial charge < -0.3 is 10.1 Å². The van der Waals surface area contributed by atoms with Crippen LogP contribution in [0.4, 0.5) is 0 Å². The van der Waals surface area contributed by atoms with Crippen molar-refractivity contribution in [2.75, 3.05) is 13.7 Å². The molecule has 1 unspecified atom stereocenters. The maximum Gasteiger partial charge on any atom is 0.123 e. The summed E-state index contributed by atoms with van der Waals surface area (Å²) in [6.45, 7) is 7.38. The molecule has 0 saturated carbocycles. The number of nitrogens with one attached hydrogen (secondary N) is 1. The Morgan fingerprint density at radius 1 is 1.10 bits per heavy atom. The molecule has 1 N–H and O–H groups in total. The summed E-state index contributed by atoms with van der Waals surface area (Å²) in [5.41, 5.74) is 5.22. The van der Waals surface area contributed by atoms with Crippen molar-refractivity contribution >= 4 is 0 Å². The van der Waals surface area contributed by atoms with E-state index in [1.54, 1.807) is 7.11 Å². The lowest BCUT2D eigenvalue weighted by Gasteiger charge is -2.22.